The smallest absolute Gasteiger partial charge is 0.306 e. The van der Waals surface area contributed by atoms with Gasteiger partial charge in [0, 0.05) is 19.3 Å². The zero-order valence-electron chi connectivity index (χ0n) is 51.0. The van der Waals surface area contributed by atoms with Gasteiger partial charge in [0.05, 0.1) is 0 Å². The normalized spacial score (nSPS) is 12.6. The van der Waals surface area contributed by atoms with Crippen LogP contribution in [0.4, 0.5) is 0 Å². The molecule has 0 radical (unpaired) electrons. The van der Waals surface area contributed by atoms with E-state index in [1.54, 1.807) is 0 Å². The molecule has 77 heavy (non-hydrogen) atoms. The van der Waals surface area contributed by atoms with Crippen molar-refractivity contribution in [1.29, 1.82) is 0 Å². The predicted molar refractivity (Wildman–Crippen MR) is 334 cm³/mol. The molecule has 0 saturated heterocycles. The third kappa shape index (κ3) is 63.3. The van der Waals surface area contributed by atoms with Crippen LogP contribution in [-0.4, -0.2) is 37.2 Å². The van der Waals surface area contributed by atoms with Crippen LogP contribution in [0.2, 0.25) is 0 Å². The lowest BCUT2D eigenvalue weighted by molar-refractivity contribution is -0.167. The van der Waals surface area contributed by atoms with Crippen molar-refractivity contribution < 1.29 is 28.6 Å². The van der Waals surface area contributed by atoms with Gasteiger partial charge < -0.3 is 14.2 Å². The first kappa shape index (κ1) is 73.6. The molecule has 6 nitrogen and oxygen atoms in total. The summed E-state index contributed by atoms with van der Waals surface area (Å²) in [7, 11) is 0. The van der Waals surface area contributed by atoms with Crippen LogP contribution in [0.3, 0.4) is 0 Å². The molecular formula is C71H124O6. The van der Waals surface area contributed by atoms with E-state index in [2.05, 4.69) is 106 Å². The molecule has 0 amide bonds. The number of carbonyl (C=O) groups is 3. The summed E-state index contributed by atoms with van der Waals surface area (Å²) in [6.07, 6.45) is 86.2. The lowest BCUT2D eigenvalue weighted by Crippen LogP contribution is -2.30. The van der Waals surface area contributed by atoms with Gasteiger partial charge in [-0.05, 0) is 89.9 Å². The standard InChI is InChI=1S/C71H124O6/c1-4-7-10-13-16-19-22-25-27-29-30-31-32-33-34-35-36-37-38-39-40-42-43-46-49-52-55-58-61-64-70(73)76-67-68(66-75-69(72)63-60-57-54-51-48-45-24-21-18-15-12-9-6-3)77-71(74)65-62-59-56-53-50-47-44-41-28-26-23-20-17-14-11-8-5-2/h8-9,11-12,17-18,20-21,26,28,44-45,47-48,68H,4-7,10,13-16,19,22-25,27,29-43,46,49-67H2,1-3H3/b11-8-,12-9-,20-17-,21-18-,28-26-,47-44-,48-45-. The third-order valence-electron chi connectivity index (χ3n) is 14.4. The predicted octanol–water partition coefficient (Wildman–Crippen LogP) is 22.7. The second kappa shape index (κ2) is 65.1. The summed E-state index contributed by atoms with van der Waals surface area (Å²) in [5.41, 5.74) is 0. The highest BCUT2D eigenvalue weighted by atomic mass is 16.6. The highest BCUT2D eigenvalue weighted by Gasteiger charge is 2.19. The summed E-state index contributed by atoms with van der Waals surface area (Å²) in [6.45, 7) is 6.40. The van der Waals surface area contributed by atoms with Crippen molar-refractivity contribution in [1.82, 2.24) is 0 Å². The first-order valence-corrected chi connectivity index (χ1v) is 33.1. The topological polar surface area (TPSA) is 78.9 Å². The number of esters is 3. The van der Waals surface area contributed by atoms with E-state index >= 15 is 0 Å². The molecule has 0 aromatic heterocycles. The zero-order chi connectivity index (χ0) is 55.7. The summed E-state index contributed by atoms with van der Waals surface area (Å²) < 4.78 is 16.9. The Kier molecular flexibility index (Phi) is 62.2. The van der Waals surface area contributed by atoms with Gasteiger partial charge in [0.1, 0.15) is 13.2 Å². The molecule has 0 aromatic carbocycles. The van der Waals surface area contributed by atoms with E-state index in [9.17, 15) is 14.4 Å². The van der Waals surface area contributed by atoms with Gasteiger partial charge in [-0.2, -0.15) is 0 Å². The van der Waals surface area contributed by atoms with E-state index in [0.717, 1.165) is 122 Å². The lowest BCUT2D eigenvalue weighted by Gasteiger charge is -2.18. The molecule has 0 heterocycles. The van der Waals surface area contributed by atoms with Gasteiger partial charge in [0.2, 0.25) is 0 Å². The van der Waals surface area contributed by atoms with Crippen LogP contribution >= 0.6 is 0 Å². The first-order chi connectivity index (χ1) is 38.0. The number of unbranched alkanes of at least 4 members (excludes halogenated alkanes) is 35. The molecule has 0 aromatic rings. The van der Waals surface area contributed by atoms with Crippen LogP contribution in [0, 0.1) is 0 Å². The molecule has 0 fully saturated rings. The van der Waals surface area contributed by atoms with Gasteiger partial charge in [-0.15, -0.1) is 0 Å². The summed E-state index contributed by atoms with van der Waals surface area (Å²) in [4.78, 5) is 38.3. The van der Waals surface area contributed by atoms with Crippen LogP contribution in [0.25, 0.3) is 0 Å². The van der Waals surface area contributed by atoms with E-state index in [0.29, 0.717) is 19.3 Å². The number of hydrogen-bond acceptors (Lipinski definition) is 6. The zero-order valence-corrected chi connectivity index (χ0v) is 51.0. The molecule has 1 unspecified atom stereocenters. The maximum Gasteiger partial charge on any atom is 0.306 e. The molecule has 0 saturated carbocycles. The fraction of sp³-hybridized carbons (Fsp3) is 0.761. The van der Waals surface area contributed by atoms with Crippen LogP contribution in [0.5, 0.6) is 0 Å². The van der Waals surface area contributed by atoms with Gasteiger partial charge in [0.25, 0.3) is 0 Å². The Labute approximate surface area is 477 Å². The Hall–Kier alpha value is -3.41. The van der Waals surface area contributed by atoms with E-state index in [1.807, 2.05) is 0 Å². The van der Waals surface area contributed by atoms with E-state index in [1.165, 1.54) is 167 Å². The lowest BCUT2D eigenvalue weighted by atomic mass is 10.0. The molecule has 0 aliphatic heterocycles. The van der Waals surface area contributed by atoms with Crippen molar-refractivity contribution in [2.45, 2.75) is 335 Å². The van der Waals surface area contributed by atoms with Crippen molar-refractivity contribution in [3.8, 4) is 0 Å². The van der Waals surface area contributed by atoms with Crippen molar-refractivity contribution in [2.24, 2.45) is 0 Å². The fourth-order valence-electron chi connectivity index (χ4n) is 9.51. The van der Waals surface area contributed by atoms with Crippen LogP contribution in [-0.2, 0) is 28.6 Å². The fourth-order valence-corrected chi connectivity index (χ4v) is 9.51. The molecule has 6 heteroatoms. The summed E-state index contributed by atoms with van der Waals surface area (Å²) >= 11 is 0. The Bertz CT molecular complexity index is 1470. The summed E-state index contributed by atoms with van der Waals surface area (Å²) in [5, 5.41) is 0. The molecule has 0 rings (SSSR count). The highest BCUT2D eigenvalue weighted by Crippen LogP contribution is 2.18. The van der Waals surface area contributed by atoms with Gasteiger partial charge in [-0.25, -0.2) is 0 Å². The Morgan fingerprint density at radius 2 is 0.506 bits per heavy atom. The summed E-state index contributed by atoms with van der Waals surface area (Å²) in [6, 6.07) is 0. The summed E-state index contributed by atoms with van der Waals surface area (Å²) in [5.74, 6) is -0.937. The minimum absolute atomic E-state index is 0.0940. The Morgan fingerprint density at radius 1 is 0.273 bits per heavy atom. The molecule has 0 aliphatic rings. The van der Waals surface area contributed by atoms with E-state index < -0.39 is 6.10 Å². The molecule has 444 valence electrons. The van der Waals surface area contributed by atoms with Gasteiger partial charge in [-0.1, -0.05) is 305 Å². The maximum atomic E-state index is 12.9. The second-order valence-corrected chi connectivity index (χ2v) is 22.0. The SMILES string of the molecule is CC/C=C\C/C=C\C/C=C\C/C=C\CCCCCCC(=O)OC(COC(=O)CCCCC/C=C\C/C=C\C/C=C\CC)COC(=O)CCCCCCCCCCCCCCCCCCCCCCCCCCCCCCC. The maximum absolute atomic E-state index is 12.9. The number of allylic oxidation sites excluding steroid dienone is 14. The molecule has 0 bridgehead atoms. The van der Waals surface area contributed by atoms with Crippen molar-refractivity contribution in [2.75, 3.05) is 13.2 Å². The molecular weight excluding hydrogens is 949 g/mol. The molecule has 0 spiro atoms. The van der Waals surface area contributed by atoms with Crippen LogP contribution in [0.15, 0.2) is 85.1 Å². The molecule has 1 atom stereocenters. The first-order valence-electron chi connectivity index (χ1n) is 33.1. The number of ether oxygens (including phenoxy) is 3. The highest BCUT2D eigenvalue weighted by molar-refractivity contribution is 5.71. The van der Waals surface area contributed by atoms with Crippen molar-refractivity contribution in [3.63, 3.8) is 0 Å². The van der Waals surface area contributed by atoms with Gasteiger partial charge >= 0.3 is 17.9 Å². The molecule has 0 aliphatic carbocycles. The van der Waals surface area contributed by atoms with Crippen molar-refractivity contribution >= 4 is 17.9 Å². The third-order valence-corrected chi connectivity index (χ3v) is 14.4. The molecule has 0 N–H and O–H groups in total. The number of carbonyl (C=O) groups excluding carboxylic acids is 3. The van der Waals surface area contributed by atoms with Gasteiger partial charge in [0.15, 0.2) is 6.10 Å². The van der Waals surface area contributed by atoms with Gasteiger partial charge in [-0.3, -0.25) is 14.4 Å². The largest absolute Gasteiger partial charge is 0.462 e. The second-order valence-electron chi connectivity index (χ2n) is 22.0. The monoisotopic (exact) mass is 1070 g/mol. The average molecular weight is 1070 g/mol. The number of rotatable bonds is 60. The van der Waals surface area contributed by atoms with E-state index in [4.69, 9.17) is 14.2 Å². The van der Waals surface area contributed by atoms with Crippen LogP contribution < -0.4 is 0 Å². The minimum Gasteiger partial charge on any atom is -0.462 e. The van der Waals surface area contributed by atoms with Crippen LogP contribution in [0.1, 0.15) is 329 Å². The average Bonchev–Trinajstić information content (AvgIpc) is 3.43. The minimum atomic E-state index is -0.802. The Morgan fingerprint density at radius 3 is 0.805 bits per heavy atom. The van der Waals surface area contributed by atoms with E-state index in [-0.39, 0.29) is 31.1 Å². The van der Waals surface area contributed by atoms with Crippen molar-refractivity contribution in [3.05, 3.63) is 85.1 Å². The Balaban J connectivity index is 4.23. The quantitative estimate of drug-likeness (QED) is 0.0261. The number of hydrogen-bond donors (Lipinski definition) is 0.